The average Bonchev–Trinajstić information content (AvgIpc) is 2.30. The molecule has 2 rings (SSSR count). The molecule has 4 heteroatoms. The third-order valence-corrected chi connectivity index (χ3v) is 2.96. The van der Waals surface area contributed by atoms with Gasteiger partial charge >= 0.3 is 0 Å². The summed E-state index contributed by atoms with van der Waals surface area (Å²) in [5.41, 5.74) is 1.02. The van der Waals surface area contributed by atoms with Crippen LogP contribution in [0.5, 0.6) is 0 Å². The van der Waals surface area contributed by atoms with E-state index < -0.39 is 0 Å². The molecule has 0 aromatic carbocycles. The van der Waals surface area contributed by atoms with E-state index in [9.17, 15) is 0 Å². The van der Waals surface area contributed by atoms with Crippen LogP contribution in [0.25, 0.3) is 0 Å². The monoisotopic (exact) mass is 221 g/mol. The van der Waals surface area contributed by atoms with Crippen LogP contribution >= 0.6 is 0 Å². The highest BCUT2D eigenvalue weighted by Crippen LogP contribution is 2.19. The number of piperidine rings is 1. The van der Waals surface area contributed by atoms with Gasteiger partial charge in [0.1, 0.15) is 12.1 Å². The van der Waals surface area contributed by atoms with Crippen LogP contribution in [0.1, 0.15) is 25.5 Å². The summed E-state index contributed by atoms with van der Waals surface area (Å²) < 4.78 is 5.63. The number of nitrogens with zero attached hydrogens (tertiary/aromatic N) is 3. The van der Waals surface area contributed by atoms with Crippen LogP contribution in [0.15, 0.2) is 12.4 Å². The van der Waals surface area contributed by atoms with Gasteiger partial charge in [-0.25, -0.2) is 9.97 Å². The molecule has 88 valence electrons. The molecule has 0 radical (unpaired) electrons. The zero-order valence-corrected chi connectivity index (χ0v) is 10.0. The van der Waals surface area contributed by atoms with Gasteiger partial charge in [0.05, 0.1) is 6.10 Å². The van der Waals surface area contributed by atoms with Crippen molar-refractivity contribution in [3.63, 3.8) is 0 Å². The average molecular weight is 221 g/mol. The van der Waals surface area contributed by atoms with Gasteiger partial charge in [-0.05, 0) is 26.7 Å². The van der Waals surface area contributed by atoms with Crippen LogP contribution in [0.2, 0.25) is 0 Å². The fourth-order valence-corrected chi connectivity index (χ4v) is 2.10. The zero-order chi connectivity index (χ0) is 11.4. The minimum atomic E-state index is 0.434. The van der Waals surface area contributed by atoms with Crippen LogP contribution in [-0.2, 0) is 4.74 Å². The van der Waals surface area contributed by atoms with E-state index in [-0.39, 0.29) is 0 Å². The van der Waals surface area contributed by atoms with Crippen molar-refractivity contribution in [3.05, 3.63) is 18.1 Å². The van der Waals surface area contributed by atoms with E-state index in [1.54, 1.807) is 6.33 Å². The van der Waals surface area contributed by atoms with Crippen molar-refractivity contribution >= 4 is 5.82 Å². The topological polar surface area (TPSA) is 38.2 Å². The van der Waals surface area contributed by atoms with Crippen molar-refractivity contribution in [2.24, 2.45) is 0 Å². The maximum absolute atomic E-state index is 5.63. The van der Waals surface area contributed by atoms with Crippen molar-refractivity contribution in [1.29, 1.82) is 0 Å². The number of aromatic nitrogens is 2. The number of hydrogen-bond donors (Lipinski definition) is 0. The van der Waals surface area contributed by atoms with Gasteiger partial charge in [-0.3, -0.25) is 0 Å². The summed E-state index contributed by atoms with van der Waals surface area (Å²) in [4.78, 5) is 10.7. The first-order chi connectivity index (χ1) is 7.79. The first-order valence-electron chi connectivity index (χ1n) is 5.95. The predicted octanol–water partition coefficient (Wildman–Crippen LogP) is 1.79. The van der Waals surface area contributed by atoms with Crippen molar-refractivity contribution in [2.45, 2.75) is 32.8 Å². The van der Waals surface area contributed by atoms with Crippen LogP contribution in [-0.4, -0.2) is 35.8 Å². The number of aryl methyl sites for hydroxylation is 1. The Bertz CT molecular complexity index is 335. The molecule has 16 heavy (non-hydrogen) atoms. The SMILES string of the molecule is CCOC1CCN(c2cc(C)ncn2)CC1. The van der Waals surface area contributed by atoms with Crippen molar-refractivity contribution in [2.75, 3.05) is 24.6 Å². The summed E-state index contributed by atoms with van der Waals surface area (Å²) in [5, 5.41) is 0. The standard InChI is InChI=1S/C12H19N3O/c1-3-16-11-4-6-15(7-5-11)12-8-10(2)13-9-14-12/h8-9,11H,3-7H2,1-2H3. The van der Waals surface area contributed by atoms with E-state index >= 15 is 0 Å². The van der Waals surface area contributed by atoms with Crippen LogP contribution in [0, 0.1) is 6.92 Å². The Morgan fingerprint density at radius 1 is 1.38 bits per heavy atom. The van der Waals surface area contributed by atoms with Crippen LogP contribution in [0.4, 0.5) is 5.82 Å². The van der Waals surface area contributed by atoms with Gasteiger partial charge in [0.2, 0.25) is 0 Å². The third-order valence-electron chi connectivity index (χ3n) is 2.96. The molecule has 2 heterocycles. The Morgan fingerprint density at radius 2 is 2.12 bits per heavy atom. The van der Waals surface area contributed by atoms with E-state index in [4.69, 9.17) is 4.74 Å². The van der Waals surface area contributed by atoms with Gasteiger partial charge in [-0.15, -0.1) is 0 Å². The lowest BCUT2D eigenvalue weighted by Gasteiger charge is -2.32. The largest absolute Gasteiger partial charge is 0.378 e. The molecule has 1 fully saturated rings. The molecule has 0 N–H and O–H groups in total. The first kappa shape index (κ1) is 11.3. The Kier molecular flexibility index (Phi) is 3.72. The number of rotatable bonds is 3. The lowest BCUT2D eigenvalue weighted by atomic mass is 10.1. The van der Waals surface area contributed by atoms with Crippen LogP contribution in [0.3, 0.4) is 0 Å². The lowest BCUT2D eigenvalue weighted by molar-refractivity contribution is 0.0458. The van der Waals surface area contributed by atoms with Gasteiger partial charge in [0, 0.05) is 31.5 Å². The summed E-state index contributed by atoms with van der Waals surface area (Å²) in [6, 6.07) is 2.04. The van der Waals surface area contributed by atoms with Crippen molar-refractivity contribution in [1.82, 2.24) is 9.97 Å². The predicted molar refractivity (Wildman–Crippen MR) is 63.6 cm³/mol. The van der Waals surface area contributed by atoms with Crippen LogP contribution < -0.4 is 4.90 Å². The second kappa shape index (κ2) is 5.25. The van der Waals surface area contributed by atoms with Crippen molar-refractivity contribution < 1.29 is 4.74 Å². The van der Waals surface area contributed by atoms with Gasteiger partial charge < -0.3 is 9.64 Å². The fraction of sp³-hybridized carbons (Fsp3) is 0.667. The molecular formula is C12H19N3O. The number of ether oxygens (including phenoxy) is 1. The molecule has 0 aliphatic carbocycles. The summed E-state index contributed by atoms with van der Waals surface area (Å²) in [7, 11) is 0. The summed E-state index contributed by atoms with van der Waals surface area (Å²) >= 11 is 0. The molecule has 0 spiro atoms. The second-order valence-electron chi connectivity index (χ2n) is 4.16. The molecule has 0 unspecified atom stereocenters. The molecule has 1 aromatic heterocycles. The smallest absolute Gasteiger partial charge is 0.132 e. The molecule has 1 aliphatic rings. The molecule has 1 saturated heterocycles. The Labute approximate surface area is 96.7 Å². The first-order valence-corrected chi connectivity index (χ1v) is 5.95. The van der Waals surface area contributed by atoms with Gasteiger partial charge in [0.15, 0.2) is 0 Å². The quantitative estimate of drug-likeness (QED) is 0.780. The Morgan fingerprint density at radius 3 is 2.75 bits per heavy atom. The highest BCUT2D eigenvalue weighted by atomic mass is 16.5. The van der Waals surface area contributed by atoms with Crippen molar-refractivity contribution in [3.8, 4) is 0 Å². The summed E-state index contributed by atoms with van der Waals surface area (Å²) in [6.45, 7) is 6.93. The molecule has 1 aliphatic heterocycles. The van der Waals surface area contributed by atoms with Gasteiger partial charge in [0.25, 0.3) is 0 Å². The Balaban J connectivity index is 1.94. The highest BCUT2D eigenvalue weighted by Gasteiger charge is 2.20. The fourth-order valence-electron chi connectivity index (χ4n) is 2.10. The minimum absolute atomic E-state index is 0.434. The molecule has 0 atom stereocenters. The highest BCUT2D eigenvalue weighted by molar-refractivity contribution is 5.39. The van der Waals surface area contributed by atoms with E-state index in [1.165, 1.54) is 0 Å². The van der Waals surface area contributed by atoms with Gasteiger partial charge in [-0.1, -0.05) is 0 Å². The number of anilines is 1. The van der Waals surface area contributed by atoms with E-state index in [0.717, 1.165) is 44.0 Å². The molecule has 4 nitrogen and oxygen atoms in total. The zero-order valence-electron chi connectivity index (χ0n) is 10.0. The van der Waals surface area contributed by atoms with E-state index in [0.29, 0.717) is 6.10 Å². The third kappa shape index (κ3) is 2.70. The summed E-state index contributed by atoms with van der Waals surface area (Å²) in [5.74, 6) is 1.04. The molecule has 1 aromatic rings. The number of hydrogen-bond acceptors (Lipinski definition) is 4. The minimum Gasteiger partial charge on any atom is -0.378 e. The van der Waals surface area contributed by atoms with Gasteiger partial charge in [-0.2, -0.15) is 0 Å². The second-order valence-corrected chi connectivity index (χ2v) is 4.16. The Hall–Kier alpha value is -1.16. The molecule has 0 amide bonds. The van der Waals surface area contributed by atoms with E-state index in [1.807, 2.05) is 13.0 Å². The molecular weight excluding hydrogens is 202 g/mol. The summed E-state index contributed by atoms with van der Waals surface area (Å²) in [6.07, 6.45) is 4.26. The normalized spacial score (nSPS) is 17.8. The maximum atomic E-state index is 5.63. The van der Waals surface area contributed by atoms with E-state index in [2.05, 4.69) is 21.8 Å². The lowest BCUT2D eigenvalue weighted by Crippen LogP contribution is -2.37. The molecule has 0 saturated carbocycles. The molecule has 0 bridgehead atoms. The maximum Gasteiger partial charge on any atom is 0.132 e.